The molecule has 0 radical (unpaired) electrons. The molecule has 0 fully saturated rings. The van der Waals surface area contributed by atoms with Crippen molar-refractivity contribution < 1.29 is 4.42 Å². The summed E-state index contributed by atoms with van der Waals surface area (Å²) in [4.78, 5) is 13.4. The first-order valence-electron chi connectivity index (χ1n) is 6.71. The molecule has 0 aliphatic carbocycles. The summed E-state index contributed by atoms with van der Waals surface area (Å²) < 4.78 is 5.70. The van der Waals surface area contributed by atoms with E-state index in [1.807, 2.05) is 25.1 Å². The Balaban J connectivity index is 1.94. The lowest BCUT2D eigenvalue weighted by Gasteiger charge is -2.06. The van der Waals surface area contributed by atoms with Gasteiger partial charge in [0, 0.05) is 23.4 Å². The Labute approximate surface area is 127 Å². The van der Waals surface area contributed by atoms with Gasteiger partial charge in [-0.2, -0.15) is 0 Å². The maximum Gasteiger partial charge on any atom is 0.263 e. The van der Waals surface area contributed by atoms with Gasteiger partial charge in [-0.25, -0.2) is 15.0 Å². The summed E-state index contributed by atoms with van der Waals surface area (Å²) in [6.07, 6.45) is 0. The maximum absolute atomic E-state index is 5.74. The first-order valence-corrected chi connectivity index (χ1v) is 7.52. The highest BCUT2D eigenvalue weighted by Crippen LogP contribution is 2.30. The normalized spacial score (nSPS) is 11.4. The number of aryl methyl sites for hydroxylation is 1. The standard InChI is InChI=1S/C15H16N4OS/c1-8(2)14-17-9(3)6-13(19-14)21-15-18-11-5-4-10(16)7-12(11)20-15/h4-8H,16H2,1-3H3. The minimum Gasteiger partial charge on any atom is -0.431 e. The van der Waals surface area contributed by atoms with Crippen molar-refractivity contribution in [2.45, 2.75) is 36.9 Å². The average Bonchev–Trinajstić information content (AvgIpc) is 2.79. The van der Waals surface area contributed by atoms with Crippen LogP contribution >= 0.6 is 11.8 Å². The van der Waals surface area contributed by atoms with Crippen molar-refractivity contribution in [3.05, 3.63) is 35.8 Å². The Hall–Kier alpha value is -2.08. The largest absolute Gasteiger partial charge is 0.431 e. The van der Waals surface area contributed by atoms with Crippen molar-refractivity contribution in [2.24, 2.45) is 0 Å². The summed E-state index contributed by atoms with van der Waals surface area (Å²) in [7, 11) is 0. The molecule has 108 valence electrons. The highest BCUT2D eigenvalue weighted by molar-refractivity contribution is 7.99. The number of aromatic nitrogens is 3. The number of nitrogens with two attached hydrogens (primary N) is 1. The van der Waals surface area contributed by atoms with Gasteiger partial charge >= 0.3 is 0 Å². The van der Waals surface area contributed by atoms with Gasteiger partial charge in [0.2, 0.25) is 0 Å². The van der Waals surface area contributed by atoms with Crippen LogP contribution in [0.5, 0.6) is 0 Å². The lowest BCUT2D eigenvalue weighted by atomic mass is 10.2. The summed E-state index contributed by atoms with van der Waals surface area (Å²) >= 11 is 1.40. The van der Waals surface area contributed by atoms with E-state index < -0.39 is 0 Å². The lowest BCUT2D eigenvalue weighted by Crippen LogP contribution is -2.00. The van der Waals surface area contributed by atoms with E-state index in [4.69, 9.17) is 10.2 Å². The van der Waals surface area contributed by atoms with Crippen LogP contribution in [0, 0.1) is 6.92 Å². The first kappa shape index (κ1) is 13.9. The fraction of sp³-hybridized carbons (Fsp3) is 0.267. The minimum absolute atomic E-state index is 0.285. The number of nitrogen functional groups attached to an aromatic ring is 1. The third kappa shape index (κ3) is 3.00. The van der Waals surface area contributed by atoms with Crippen molar-refractivity contribution in [1.29, 1.82) is 0 Å². The molecule has 3 aromatic rings. The maximum atomic E-state index is 5.74. The van der Waals surface area contributed by atoms with Gasteiger partial charge in [0.1, 0.15) is 16.4 Å². The zero-order valence-electron chi connectivity index (χ0n) is 12.1. The fourth-order valence-corrected chi connectivity index (χ4v) is 2.75. The molecule has 2 heterocycles. The van der Waals surface area contributed by atoms with Crippen LogP contribution in [0.4, 0.5) is 5.69 Å². The second kappa shape index (κ2) is 5.37. The summed E-state index contributed by atoms with van der Waals surface area (Å²) in [6, 6.07) is 7.37. The van der Waals surface area contributed by atoms with Crippen LogP contribution < -0.4 is 5.73 Å². The molecule has 2 aromatic heterocycles. The third-order valence-corrected chi connectivity index (χ3v) is 3.72. The Morgan fingerprint density at radius 1 is 1.14 bits per heavy atom. The molecule has 0 spiro atoms. The number of benzene rings is 1. The van der Waals surface area contributed by atoms with Gasteiger partial charge in [-0.1, -0.05) is 13.8 Å². The molecule has 0 amide bonds. The second-order valence-electron chi connectivity index (χ2n) is 5.17. The smallest absolute Gasteiger partial charge is 0.263 e. The monoisotopic (exact) mass is 300 g/mol. The molecule has 6 heteroatoms. The van der Waals surface area contributed by atoms with Crippen LogP contribution in [-0.4, -0.2) is 15.0 Å². The fourth-order valence-electron chi connectivity index (χ4n) is 1.93. The number of nitrogens with zero attached hydrogens (tertiary/aromatic N) is 3. The zero-order chi connectivity index (χ0) is 15.0. The molecule has 0 saturated heterocycles. The molecular formula is C15H16N4OS. The Morgan fingerprint density at radius 3 is 2.71 bits per heavy atom. The second-order valence-corrected chi connectivity index (χ2v) is 6.14. The molecule has 1 aromatic carbocycles. The van der Waals surface area contributed by atoms with E-state index in [9.17, 15) is 0 Å². The number of anilines is 1. The third-order valence-electron chi connectivity index (χ3n) is 2.95. The minimum atomic E-state index is 0.285. The highest BCUT2D eigenvalue weighted by Gasteiger charge is 2.11. The zero-order valence-corrected chi connectivity index (χ0v) is 12.9. The van der Waals surface area contributed by atoms with E-state index >= 15 is 0 Å². The molecule has 0 aliphatic heterocycles. The predicted octanol–water partition coefficient (Wildman–Crippen LogP) is 3.78. The van der Waals surface area contributed by atoms with E-state index in [1.165, 1.54) is 11.8 Å². The van der Waals surface area contributed by atoms with Crippen LogP contribution in [0.15, 0.2) is 38.9 Å². The Kier molecular flexibility index (Phi) is 3.55. The molecule has 0 bridgehead atoms. The Bertz CT molecular complexity index is 797. The molecule has 0 unspecified atom stereocenters. The topological polar surface area (TPSA) is 77.8 Å². The summed E-state index contributed by atoms with van der Waals surface area (Å²) in [6.45, 7) is 6.11. The highest BCUT2D eigenvalue weighted by atomic mass is 32.2. The van der Waals surface area contributed by atoms with Gasteiger partial charge < -0.3 is 10.2 Å². The predicted molar refractivity (Wildman–Crippen MR) is 83.4 cm³/mol. The van der Waals surface area contributed by atoms with E-state index in [-0.39, 0.29) is 5.92 Å². The Morgan fingerprint density at radius 2 is 1.95 bits per heavy atom. The molecule has 0 aliphatic rings. The van der Waals surface area contributed by atoms with Gasteiger partial charge in [0.15, 0.2) is 5.58 Å². The van der Waals surface area contributed by atoms with E-state index in [0.29, 0.717) is 16.5 Å². The van der Waals surface area contributed by atoms with Crippen molar-refractivity contribution in [3.8, 4) is 0 Å². The van der Waals surface area contributed by atoms with E-state index in [2.05, 4.69) is 28.8 Å². The van der Waals surface area contributed by atoms with Crippen molar-refractivity contribution in [2.75, 3.05) is 5.73 Å². The number of rotatable bonds is 3. The molecule has 0 saturated carbocycles. The lowest BCUT2D eigenvalue weighted by molar-refractivity contribution is 0.489. The molecule has 5 nitrogen and oxygen atoms in total. The van der Waals surface area contributed by atoms with Gasteiger partial charge in [-0.15, -0.1) is 0 Å². The molecule has 2 N–H and O–H groups in total. The van der Waals surface area contributed by atoms with Crippen LogP contribution in [0.1, 0.15) is 31.3 Å². The molecule has 3 rings (SSSR count). The van der Waals surface area contributed by atoms with Crippen molar-refractivity contribution in [3.63, 3.8) is 0 Å². The number of hydrogen-bond acceptors (Lipinski definition) is 6. The first-order chi connectivity index (χ1) is 10.0. The SMILES string of the molecule is Cc1cc(Sc2nc3ccc(N)cc3o2)nc(C(C)C)n1. The van der Waals surface area contributed by atoms with Gasteiger partial charge in [-0.3, -0.25) is 0 Å². The molecule has 21 heavy (non-hydrogen) atoms. The van der Waals surface area contributed by atoms with Crippen LogP contribution in [0.25, 0.3) is 11.1 Å². The molecular weight excluding hydrogens is 284 g/mol. The number of fused-ring (bicyclic) bond motifs is 1. The van der Waals surface area contributed by atoms with Crippen molar-refractivity contribution >= 4 is 28.5 Å². The summed E-state index contributed by atoms with van der Waals surface area (Å²) in [5.41, 5.74) is 8.83. The van der Waals surface area contributed by atoms with E-state index in [0.717, 1.165) is 22.1 Å². The summed E-state index contributed by atoms with van der Waals surface area (Å²) in [5.74, 6) is 1.12. The van der Waals surface area contributed by atoms with Crippen LogP contribution in [0.2, 0.25) is 0 Å². The van der Waals surface area contributed by atoms with Crippen LogP contribution in [-0.2, 0) is 0 Å². The van der Waals surface area contributed by atoms with Gasteiger partial charge in [-0.05, 0) is 36.9 Å². The van der Waals surface area contributed by atoms with Crippen LogP contribution in [0.3, 0.4) is 0 Å². The number of hydrogen-bond donors (Lipinski definition) is 1. The van der Waals surface area contributed by atoms with Gasteiger partial charge in [0.05, 0.1) is 0 Å². The summed E-state index contributed by atoms with van der Waals surface area (Å²) in [5, 5.41) is 1.40. The quantitative estimate of drug-likeness (QED) is 0.586. The molecule has 0 atom stereocenters. The number of oxazole rings is 1. The van der Waals surface area contributed by atoms with Crippen molar-refractivity contribution in [1.82, 2.24) is 15.0 Å². The average molecular weight is 300 g/mol. The van der Waals surface area contributed by atoms with Gasteiger partial charge in [0.25, 0.3) is 5.22 Å². The van der Waals surface area contributed by atoms with E-state index in [1.54, 1.807) is 6.07 Å².